The van der Waals surface area contributed by atoms with Crippen molar-refractivity contribution < 1.29 is 0 Å². The molecule has 2 rings (SSSR count). The van der Waals surface area contributed by atoms with Crippen LogP contribution in [0.2, 0.25) is 0 Å². The molecule has 1 N–H and O–H groups in total. The number of nitrogens with one attached hydrogen (secondary N) is 1. The number of rotatable bonds is 6. The summed E-state index contributed by atoms with van der Waals surface area (Å²) in [5.41, 5.74) is 4.12. The molecule has 0 radical (unpaired) electrons. The van der Waals surface area contributed by atoms with Gasteiger partial charge in [-0.3, -0.25) is 0 Å². The minimum Gasteiger partial charge on any atom is -0.309 e. The number of hydrogen-bond donors (Lipinski definition) is 1. The van der Waals surface area contributed by atoms with Gasteiger partial charge in [0.1, 0.15) is 0 Å². The molecule has 0 spiro atoms. The van der Waals surface area contributed by atoms with Crippen LogP contribution in [-0.2, 0) is 13.1 Å². The molecule has 2 aromatic rings. The minimum atomic E-state index is 0.659. The molecular weight excluding hydrogens is 230 g/mol. The third-order valence-corrected chi connectivity index (χ3v) is 3.66. The van der Waals surface area contributed by atoms with E-state index in [2.05, 4.69) is 73.8 Å². The Kier molecular flexibility index (Phi) is 5.17. The fraction of sp³-hybridized carbons (Fsp3) is 0.333. The molecule has 19 heavy (non-hydrogen) atoms. The first-order valence-electron chi connectivity index (χ1n) is 7.13. The van der Waals surface area contributed by atoms with Gasteiger partial charge in [-0.05, 0) is 29.0 Å². The van der Waals surface area contributed by atoms with E-state index in [4.69, 9.17) is 0 Å². The summed E-state index contributed by atoms with van der Waals surface area (Å²) in [7, 11) is 0. The number of benzene rings is 2. The zero-order valence-corrected chi connectivity index (χ0v) is 11.9. The normalized spacial score (nSPS) is 12.3. The maximum absolute atomic E-state index is 3.48. The summed E-state index contributed by atoms with van der Waals surface area (Å²) in [5.74, 6) is 0.659. The molecule has 0 aliphatic rings. The van der Waals surface area contributed by atoms with Gasteiger partial charge in [0.05, 0.1) is 0 Å². The summed E-state index contributed by atoms with van der Waals surface area (Å²) >= 11 is 0. The fourth-order valence-corrected chi connectivity index (χ4v) is 2.15. The van der Waals surface area contributed by atoms with Gasteiger partial charge >= 0.3 is 0 Å². The average Bonchev–Trinajstić information content (AvgIpc) is 2.48. The molecule has 0 aromatic heterocycles. The highest BCUT2D eigenvalue weighted by Gasteiger charge is 2.02. The summed E-state index contributed by atoms with van der Waals surface area (Å²) in [6.45, 7) is 6.37. The van der Waals surface area contributed by atoms with Crippen molar-refractivity contribution in [2.75, 3.05) is 0 Å². The summed E-state index contributed by atoms with van der Waals surface area (Å²) in [6.07, 6.45) is 1.20. The summed E-state index contributed by atoms with van der Waals surface area (Å²) in [4.78, 5) is 0. The first-order chi connectivity index (χ1) is 9.29. The van der Waals surface area contributed by atoms with Crippen LogP contribution in [0, 0.1) is 0 Å². The second-order valence-electron chi connectivity index (χ2n) is 5.14. The average molecular weight is 253 g/mol. The van der Waals surface area contributed by atoms with Crippen molar-refractivity contribution in [2.24, 2.45) is 0 Å². The third kappa shape index (κ3) is 4.22. The third-order valence-electron chi connectivity index (χ3n) is 3.66. The van der Waals surface area contributed by atoms with Crippen molar-refractivity contribution in [3.8, 4) is 0 Å². The van der Waals surface area contributed by atoms with Gasteiger partial charge in [-0.1, -0.05) is 68.4 Å². The van der Waals surface area contributed by atoms with Crippen LogP contribution in [0.25, 0.3) is 0 Å². The molecular formula is C18H23N. The van der Waals surface area contributed by atoms with E-state index in [9.17, 15) is 0 Å². The Hall–Kier alpha value is -1.60. The first kappa shape index (κ1) is 13.8. The Morgan fingerprint density at radius 2 is 1.42 bits per heavy atom. The van der Waals surface area contributed by atoms with Gasteiger partial charge < -0.3 is 5.32 Å². The monoisotopic (exact) mass is 253 g/mol. The van der Waals surface area contributed by atoms with E-state index in [1.165, 1.54) is 23.1 Å². The van der Waals surface area contributed by atoms with Crippen LogP contribution >= 0.6 is 0 Å². The molecule has 0 amide bonds. The molecule has 1 heteroatoms. The van der Waals surface area contributed by atoms with Gasteiger partial charge in [0.25, 0.3) is 0 Å². The Bertz CT molecular complexity index is 473. The maximum atomic E-state index is 3.48. The maximum Gasteiger partial charge on any atom is 0.0208 e. The van der Waals surface area contributed by atoms with E-state index >= 15 is 0 Å². The Morgan fingerprint density at radius 3 is 2.00 bits per heavy atom. The van der Waals surface area contributed by atoms with Gasteiger partial charge in [-0.25, -0.2) is 0 Å². The molecule has 0 saturated carbocycles. The molecule has 0 heterocycles. The largest absolute Gasteiger partial charge is 0.309 e. The molecule has 0 bridgehead atoms. The van der Waals surface area contributed by atoms with E-state index in [0.717, 1.165) is 13.1 Å². The minimum absolute atomic E-state index is 0.659. The van der Waals surface area contributed by atoms with Crippen molar-refractivity contribution in [3.05, 3.63) is 71.3 Å². The van der Waals surface area contributed by atoms with E-state index in [1.54, 1.807) is 0 Å². The summed E-state index contributed by atoms with van der Waals surface area (Å²) < 4.78 is 0. The second kappa shape index (κ2) is 7.10. The Labute approximate surface area is 116 Å². The molecule has 100 valence electrons. The van der Waals surface area contributed by atoms with Gasteiger partial charge in [0.15, 0.2) is 0 Å². The summed E-state index contributed by atoms with van der Waals surface area (Å²) in [6, 6.07) is 19.5. The SMILES string of the molecule is CCC(C)c1ccc(CNCc2ccccc2)cc1. The van der Waals surface area contributed by atoms with Gasteiger partial charge in [-0.2, -0.15) is 0 Å². The fourth-order valence-electron chi connectivity index (χ4n) is 2.15. The highest BCUT2D eigenvalue weighted by Crippen LogP contribution is 2.18. The summed E-state index contributed by atoms with van der Waals surface area (Å²) in [5, 5.41) is 3.48. The van der Waals surface area contributed by atoms with Crippen LogP contribution in [0.1, 0.15) is 42.9 Å². The van der Waals surface area contributed by atoms with E-state index in [-0.39, 0.29) is 0 Å². The Morgan fingerprint density at radius 1 is 0.842 bits per heavy atom. The van der Waals surface area contributed by atoms with E-state index in [0.29, 0.717) is 5.92 Å². The zero-order chi connectivity index (χ0) is 13.5. The van der Waals surface area contributed by atoms with Crippen molar-refractivity contribution in [1.82, 2.24) is 5.32 Å². The molecule has 0 aliphatic carbocycles. The van der Waals surface area contributed by atoms with Crippen molar-refractivity contribution in [1.29, 1.82) is 0 Å². The predicted molar refractivity (Wildman–Crippen MR) is 82.1 cm³/mol. The lowest BCUT2D eigenvalue weighted by Crippen LogP contribution is -2.12. The van der Waals surface area contributed by atoms with Crippen LogP contribution in [-0.4, -0.2) is 0 Å². The standard InChI is InChI=1S/C18H23N/c1-3-15(2)18-11-9-17(10-12-18)14-19-13-16-7-5-4-6-8-16/h4-12,15,19H,3,13-14H2,1-2H3. The van der Waals surface area contributed by atoms with Crippen LogP contribution in [0.3, 0.4) is 0 Å². The second-order valence-corrected chi connectivity index (χ2v) is 5.14. The lowest BCUT2D eigenvalue weighted by Gasteiger charge is -2.10. The smallest absolute Gasteiger partial charge is 0.0208 e. The van der Waals surface area contributed by atoms with Crippen molar-refractivity contribution in [3.63, 3.8) is 0 Å². The topological polar surface area (TPSA) is 12.0 Å². The van der Waals surface area contributed by atoms with Crippen LogP contribution in [0.5, 0.6) is 0 Å². The number of hydrogen-bond acceptors (Lipinski definition) is 1. The lowest BCUT2D eigenvalue weighted by atomic mass is 9.98. The van der Waals surface area contributed by atoms with E-state index in [1.807, 2.05) is 0 Å². The zero-order valence-electron chi connectivity index (χ0n) is 11.9. The van der Waals surface area contributed by atoms with Gasteiger partial charge in [0.2, 0.25) is 0 Å². The molecule has 0 aliphatic heterocycles. The molecule has 1 nitrogen and oxygen atoms in total. The highest BCUT2D eigenvalue weighted by atomic mass is 14.8. The van der Waals surface area contributed by atoms with E-state index < -0.39 is 0 Å². The van der Waals surface area contributed by atoms with Crippen LogP contribution < -0.4 is 5.32 Å². The van der Waals surface area contributed by atoms with Gasteiger partial charge in [-0.15, -0.1) is 0 Å². The molecule has 1 unspecified atom stereocenters. The van der Waals surface area contributed by atoms with Gasteiger partial charge in [0, 0.05) is 13.1 Å². The predicted octanol–water partition coefficient (Wildman–Crippen LogP) is 4.49. The molecule has 0 saturated heterocycles. The van der Waals surface area contributed by atoms with Crippen molar-refractivity contribution in [2.45, 2.75) is 39.3 Å². The quantitative estimate of drug-likeness (QED) is 0.799. The van der Waals surface area contributed by atoms with Crippen LogP contribution in [0.4, 0.5) is 0 Å². The lowest BCUT2D eigenvalue weighted by molar-refractivity contribution is 0.691. The van der Waals surface area contributed by atoms with Crippen molar-refractivity contribution >= 4 is 0 Å². The molecule has 1 atom stereocenters. The molecule has 2 aromatic carbocycles. The van der Waals surface area contributed by atoms with Crippen LogP contribution in [0.15, 0.2) is 54.6 Å². The first-order valence-corrected chi connectivity index (χ1v) is 7.13. The highest BCUT2D eigenvalue weighted by molar-refractivity contribution is 5.25. The Balaban J connectivity index is 1.83. The molecule has 0 fully saturated rings.